The SMILES string of the molecule is CCS(=O)(=O)c1ccc(CC(=O)Nc2ncc(-c3ccc(F)cc3)c(-c3ccc(F)cc3)n2)cc1. The van der Waals surface area contributed by atoms with E-state index in [1.807, 2.05) is 0 Å². The van der Waals surface area contributed by atoms with Gasteiger partial charge in [0.05, 0.1) is 22.8 Å². The number of aromatic nitrogens is 2. The second kappa shape index (κ2) is 10.1. The zero-order valence-corrected chi connectivity index (χ0v) is 19.5. The summed E-state index contributed by atoms with van der Waals surface area (Å²) >= 11 is 0. The average molecular weight is 494 g/mol. The molecule has 4 rings (SSSR count). The van der Waals surface area contributed by atoms with Crippen molar-refractivity contribution >= 4 is 21.7 Å². The fourth-order valence-corrected chi connectivity index (χ4v) is 4.33. The molecular weight excluding hydrogens is 472 g/mol. The lowest BCUT2D eigenvalue weighted by molar-refractivity contribution is -0.115. The highest BCUT2D eigenvalue weighted by atomic mass is 32.2. The van der Waals surface area contributed by atoms with Gasteiger partial charge in [-0.15, -0.1) is 0 Å². The minimum absolute atomic E-state index is 0.00548. The molecule has 0 aliphatic heterocycles. The number of anilines is 1. The van der Waals surface area contributed by atoms with Gasteiger partial charge in [-0.05, 0) is 59.7 Å². The fourth-order valence-electron chi connectivity index (χ4n) is 3.45. The van der Waals surface area contributed by atoms with Crippen LogP contribution in [0.5, 0.6) is 0 Å². The Morgan fingerprint density at radius 1 is 0.857 bits per heavy atom. The molecular formula is C26H21F2N3O3S. The quantitative estimate of drug-likeness (QED) is 0.389. The molecule has 0 radical (unpaired) electrons. The van der Waals surface area contributed by atoms with Gasteiger partial charge in [-0.25, -0.2) is 27.2 Å². The van der Waals surface area contributed by atoms with Crippen LogP contribution in [-0.2, 0) is 21.1 Å². The molecule has 1 N–H and O–H groups in total. The van der Waals surface area contributed by atoms with Crippen molar-refractivity contribution in [3.8, 4) is 22.4 Å². The van der Waals surface area contributed by atoms with Crippen molar-refractivity contribution < 1.29 is 22.0 Å². The molecule has 1 heterocycles. The lowest BCUT2D eigenvalue weighted by Gasteiger charge is -2.12. The number of halogens is 2. The van der Waals surface area contributed by atoms with Gasteiger partial charge >= 0.3 is 0 Å². The van der Waals surface area contributed by atoms with E-state index in [0.29, 0.717) is 27.9 Å². The van der Waals surface area contributed by atoms with E-state index in [0.717, 1.165) is 0 Å². The molecule has 178 valence electrons. The summed E-state index contributed by atoms with van der Waals surface area (Å²) < 4.78 is 50.8. The Morgan fingerprint density at radius 3 is 2.00 bits per heavy atom. The van der Waals surface area contributed by atoms with Gasteiger partial charge in [0.1, 0.15) is 11.6 Å². The van der Waals surface area contributed by atoms with Crippen LogP contribution in [0.25, 0.3) is 22.4 Å². The van der Waals surface area contributed by atoms with Gasteiger partial charge in [-0.2, -0.15) is 0 Å². The molecule has 3 aromatic carbocycles. The first-order chi connectivity index (χ1) is 16.7. The van der Waals surface area contributed by atoms with E-state index in [-0.39, 0.29) is 28.8 Å². The van der Waals surface area contributed by atoms with Crippen LogP contribution in [0.2, 0.25) is 0 Å². The van der Waals surface area contributed by atoms with Gasteiger partial charge in [0.25, 0.3) is 0 Å². The maximum absolute atomic E-state index is 13.5. The molecule has 0 bridgehead atoms. The van der Waals surface area contributed by atoms with Gasteiger partial charge < -0.3 is 0 Å². The number of benzene rings is 3. The van der Waals surface area contributed by atoms with Gasteiger partial charge in [0.15, 0.2) is 9.84 Å². The predicted octanol–water partition coefficient (Wildman–Crippen LogP) is 5.06. The number of hydrogen-bond donors (Lipinski definition) is 1. The molecule has 0 saturated heterocycles. The van der Waals surface area contributed by atoms with E-state index in [2.05, 4.69) is 15.3 Å². The van der Waals surface area contributed by atoms with Crippen molar-refractivity contribution in [3.05, 3.63) is 96.2 Å². The van der Waals surface area contributed by atoms with Crippen molar-refractivity contribution in [2.24, 2.45) is 0 Å². The van der Waals surface area contributed by atoms with E-state index >= 15 is 0 Å². The van der Waals surface area contributed by atoms with Crippen molar-refractivity contribution in [1.29, 1.82) is 0 Å². The minimum atomic E-state index is -3.32. The Kier molecular flexibility index (Phi) is 6.97. The summed E-state index contributed by atoms with van der Waals surface area (Å²) in [7, 11) is -3.32. The number of nitrogens with zero attached hydrogens (tertiary/aromatic N) is 2. The number of carbonyl (C=O) groups is 1. The summed E-state index contributed by atoms with van der Waals surface area (Å²) in [6, 6.07) is 17.6. The van der Waals surface area contributed by atoms with Crippen LogP contribution in [0.4, 0.5) is 14.7 Å². The fraction of sp³-hybridized carbons (Fsp3) is 0.115. The van der Waals surface area contributed by atoms with Crippen LogP contribution in [0.3, 0.4) is 0 Å². The van der Waals surface area contributed by atoms with Gasteiger partial charge in [-0.3, -0.25) is 10.1 Å². The summed E-state index contributed by atoms with van der Waals surface area (Å²) in [5.74, 6) is -1.14. The summed E-state index contributed by atoms with van der Waals surface area (Å²) in [6.45, 7) is 1.57. The first kappa shape index (κ1) is 24.2. The number of carbonyl (C=O) groups excluding carboxylic acids is 1. The molecule has 0 fully saturated rings. The van der Waals surface area contributed by atoms with Crippen LogP contribution >= 0.6 is 0 Å². The number of sulfone groups is 1. The van der Waals surface area contributed by atoms with Gasteiger partial charge in [0.2, 0.25) is 11.9 Å². The van der Waals surface area contributed by atoms with Crippen LogP contribution in [0, 0.1) is 11.6 Å². The molecule has 0 unspecified atom stereocenters. The number of nitrogens with one attached hydrogen (secondary N) is 1. The first-order valence-corrected chi connectivity index (χ1v) is 12.4. The van der Waals surface area contributed by atoms with E-state index in [9.17, 15) is 22.0 Å². The topological polar surface area (TPSA) is 89.0 Å². The zero-order chi connectivity index (χ0) is 25.0. The third-order valence-corrected chi connectivity index (χ3v) is 7.09. The Balaban J connectivity index is 1.59. The molecule has 9 heteroatoms. The van der Waals surface area contributed by atoms with Crippen LogP contribution < -0.4 is 5.32 Å². The summed E-state index contributed by atoms with van der Waals surface area (Å²) in [6.07, 6.45) is 1.50. The van der Waals surface area contributed by atoms with Crippen molar-refractivity contribution in [2.45, 2.75) is 18.2 Å². The van der Waals surface area contributed by atoms with Crippen molar-refractivity contribution in [3.63, 3.8) is 0 Å². The molecule has 0 spiro atoms. The number of hydrogen-bond acceptors (Lipinski definition) is 5. The summed E-state index contributed by atoms with van der Waals surface area (Å²) in [4.78, 5) is 21.5. The Labute approximate surface area is 201 Å². The van der Waals surface area contributed by atoms with Crippen LogP contribution in [0.1, 0.15) is 12.5 Å². The molecule has 0 saturated carbocycles. The van der Waals surface area contributed by atoms with Crippen molar-refractivity contribution in [2.75, 3.05) is 11.1 Å². The predicted molar refractivity (Wildman–Crippen MR) is 129 cm³/mol. The van der Waals surface area contributed by atoms with E-state index in [1.54, 1.807) is 43.3 Å². The first-order valence-electron chi connectivity index (χ1n) is 10.8. The monoisotopic (exact) mass is 493 g/mol. The lowest BCUT2D eigenvalue weighted by Crippen LogP contribution is -2.17. The highest BCUT2D eigenvalue weighted by molar-refractivity contribution is 7.91. The molecule has 1 aromatic heterocycles. The molecule has 35 heavy (non-hydrogen) atoms. The number of amides is 1. The van der Waals surface area contributed by atoms with Crippen LogP contribution in [0.15, 0.2) is 83.9 Å². The summed E-state index contributed by atoms with van der Waals surface area (Å²) in [5, 5.41) is 2.64. The lowest BCUT2D eigenvalue weighted by atomic mass is 10.0. The maximum atomic E-state index is 13.5. The molecule has 0 aliphatic rings. The van der Waals surface area contributed by atoms with Gasteiger partial charge in [0, 0.05) is 17.3 Å². The van der Waals surface area contributed by atoms with Gasteiger partial charge in [-0.1, -0.05) is 31.2 Å². The molecule has 0 atom stereocenters. The second-order valence-corrected chi connectivity index (χ2v) is 10.0. The number of rotatable bonds is 7. The molecule has 4 aromatic rings. The summed E-state index contributed by atoms with van der Waals surface area (Å²) in [5.41, 5.74) is 2.90. The highest BCUT2D eigenvalue weighted by Gasteiger charge is 2.15. The third-order valence-electron chi connectivity index (χ3n) is 5.34. The smallest absolute Gasteiger partial charge is 0.231 e. The highest BCUT2D eigenvalue weighted by Crippen LogP contribution is 2.31. The zero-order valence-electron chi connectivity index (χ0n) is 18.7. The van der Waals surface area contributed by atoms with E-state index < -0.39 is 21.6 Å². The largest absolute Gasteiger partial charge is 0.294 e. The standard InChI is InChI=1S/C26H21F2N3O3S/c1-2-35(33,34)22-13-3-17(4-14-22)15-24(32)30-26-29-16-23(18-5-9-20(27)10-6-18)25(31-26)19-7-11-21(28)12-8-19/h3-14,16H,2,15H2,1H3,(H,29,30,31,32). The Morgan fingerprint density at radius 2 is 1.43 bits per heavy atom. The van der Waals surface area contributed by atoms with E-state index in [1.165, 1.54) is 42.6 Å². The Hall–Kier alpha value is -3.98. The molecule has 6 nitrogen and oxygen atoms in total. The van der Waals surface area contributed by atoms with Crippen molar-refractivity contribution in [1.82, 2.24) is 9.97 Å². The maximum Gasteiger partial charge on any atom is 0.231 e. The normalized spacial score (nSPS) is 11.3. The average Bonchev–Trinajstić information content (AvgIpc) is 2.85. The minimum Gasteiger partial charge on any atom is -0.294 e. The molecule has 0 aliphatic carbocycles. The third kappa shape index (κ3) is 5.75. The molecule has 1 amide bonds. The van der Waals surface area contributed by atoms with E-state index in [4.69, 9.17) is 0 Å². The Bertz CT molecular complexity index is 1460. The van der Waals surface area contributed by atoms with Crippen LogP contribution in [-0.4, -0.2) is 30.0 Å². The second-order valence-electron chi connectivity index (χ2n) is 7.74.